The molecule has 0 radical (unpaired) electrons. The normalized spacial score (nSPS) is 11.9. The minimum atomic E-state index is -0.221. The third-order valence-electron chi connectivity index (χ3n) is 5.61. The number of amides is 1. The maximum atomic E-state index is 13.0. The Morgan fingerprint density at radius 1 is 0.969 bits per heavy atom. The summed E-state index contributed by atoms with van der Waals surface area (Å²) >= 11 is 1.55. The van der Waals surface area contributed by atoms with Gasteiger partial charge in [0.25, 0.3) is 5.91 Å². The van der Waals surface area contributed by atoms with E-state index in [1.165, 1.54) is 22.3 Å². The number of fused-ring (bicyclic) bond motifs is 1. The second kappa shape index (κ2) is 10.1. The molecule has 0 spiro atoms. The van der Waals surface area contributed by atoms with Crippen LogP contribution in [0.1, 0.15) is 39.5 Å². The van der Waals surface area contributed by atoms with Crippen LogP contribution in [0.3, 0.4) is 0 Å². The van der Waals surface area contributed by atoms with Crippen molar-refractivity contribution >= 4 is 27.5 Å². The van der Waals surface area contributed by atoms with Gasteiger partial charge in [-0.1, -0.05) is 53.8 Å². The number of aryl methyl sites for hydroxylation is 2. The third-order valence-corrected chi connectivity index (χ3v) is 6.65. The maximum Gasteiger partial charge on any atom is 0.279 e. The Hall–Kier alpha value is -3.02. The number of hydrogen-bond donors (Lipinski definition) is 0. The van der Waals surface area contributed by atoms with E-state index >= 15 is 0 Å². The van der Waals surface area contributed by atoms with Crippen LogP contribution in [0.5, 0.6) is 0 Å². The molecule has 3 aromatic carbocycles. The van der Waals surface area contributed by atoms with Crippen LogP contribution in [0.25, 0.3) is 10.2 Å². The summed E-state index contributed by atoms with van der Waals surface area (Å²) in [5, 5.41) is 0. The van der Waals surface area contributed by atoms with E-state index in [0.29, 0.717) is 30.1 Å². The summed E-state index contributed by atoms with van der Waals surface area (Å²) < 4.78 is 8.81. The van der Waals surface area contributed by atoms with Crippen molar-refractivity contribution < 1.29 is 9.53 Å². The van der Waals surface area contributed by atoms with Crippen molar-refractivity contribution in [2.45, 2.75) is 33.7 Å². The van der Waals surface area contributed by atoms with Crippen molar-refractivity contribution in [3.05, 3.63) is 99.3 Å². The van der Waals surface area contributed by atoms with Gasteiger partial charge in [-0.2, -0.15) is 4.99 Å². The van der Waals surface area contributed by atoms with Gasteiger partial charge in [0.05, 0.1) is 16.8 Å². The van der Waals surface area contributed by atoms with Crippen LogP contribution in [-0.4, -0.2) is 23.7 Å². The molecule has 0 bridgehead atoms. The fraction of sp³-hybridized carbons (Fsp3) is 0.259. The lowest BCUT2D eigenvalue weighted by Crippen LogP contribution is -2.19. The summed E-state index contributed by atoms with van der Waals surface area (Å²) in [5.41, 5.74) is 6.59. The predicted molar refractivity (Wildman–Crippen MR) is 131 cm³/mol. The molecule has 0 saturated heterocycles. The molecule has 5 heteroatoms. The molecule has 1 amide bonds. The number of hydrogen-bond acceptors (Lipinski definition) is 3. The highest BCUT2D eigenvalue weighted by atomic mass is 32.1. The molecule has 0 fully saturated rings. The topological polar surface area (TPSA) is 43.6 Å². The molecule has 4 aromatic rings. The van der Waals surface area contributed by atoms with E-state index in [2.05, 4.69) is 47.7 Å². The maximum absolute atomic E-state index is 13.0. The van der Waals surface area contributed by atoms with Gasteiger partial charge in [-0.25, -0.2) is 0 Å². The van der Waals surface area contributed by atoms with Gasteiger partial charge in [0.2, 0.25) is 0 Å². The molecule has 32 heavy (non-hydrogen) atoms. The molecule has 0 aliphatic heterocycles. The number of rotatable bonds is 7. The van der Waals surface area contributed by atoms with Crippen molar-refractivity contribution in [3.63, 3.8) is 0 Å². The fourth-order valence-electron chi connectivity index (χ4n) is 3.67. The quantitative estimate of drug-likeness (QED) is 0.344. The Kier molecular flexibility index (Phi) is 6.98. The summed E-state index contributed by atoms with van der Waals surface area (Å²) in [6.07, 6.45) is 0.846. The summed E-state index contributed by atoms with van der Waals surface area (Å²) in [6, 6.07) is 22.4. The molecule has 1 heterocycles. The smallest absolute Gasteiger partial charge is 0.279 e. The van der Waals surface area contributed by atoms with E-state index in [1.54, 1.807) is 11.3 Å². The van der Waals surface area contributed by atoms with Crippen molar-refractivity contribution in [1.29, 1.82) is 0 Å². The average Bonchev–Trinajstić information content (AvgIpc) is 3.11. The molecule has 1 aromatic heterocycles. The highest BCUT2D eigenvalue weighted by Gasteiger charge is 2.11. The molecular formula is C27H28N2O2S. The number of benzene rings is 3. The Bertz CT molecular complexity index is 1290. The van der Waals surface area contributed by atoms with Crippen LogP contribution in [0, 0.1) is 13.8 Å². The summed E-state index contributed by atoms with van der Waals surface area (Å²) in [5.74, 6) is -0.221. The zero-order valence-corrected chi connectivity index (χ0v) is 19.6. The monoisotopic (exact) mass is 444 g/mol. The Morgan fingerprint density at radius 3 is 2.38 bits per heavy atom. The van der Waals surface area contributed by atoms with Gasteiger partial charge in [0.1, 0.15) is 0 Å². The standard InChI is InChI=1S/C27H28N2O2S/c1-4-31-15-14-29-24-16-19(2)20(3)17-25(24)32-27(29)28-26(30)23-12-10-22(11-13-23)18-21-8-6-5-7-9-21/h5-13,16-17H,4,14-15,18H2,1-3H3. The summed E-state index contributed by atoms with van der Waals surface area (Å²) in [7, 11) is 0. The molecule has 0 aliphatic carbocycles. The largest absolute Gasteiger partial charge is 0.380 e. The van der Waals surface area contributed by atoms with Gasteiger partial charge in [0.15, 0.2) is 4.80 Å². The Balaban J connectivity index is 1.64. The van der Waals surface area contributed by atoms with Crippen LogP contribution in [0.2, 0.25) is 0 Å². The number of aromatic nitrogens is 1. The predicted octanol–water partition coefficient (Wildman–Crippen LogP) is 5.69. The molecule has 0 atom stereocenters. The average molecular weight is 445 g/mol. The SMILES string of the molecule is CCOCCn1c(=NC(=O)c2ccc(Cc3ccccc3)cc2)sc2cc(C)c(C)cc21. The molecule has 0 aliphatic rings. The van der Waals surface area contributed by atoms with Crippen molar-refractivity contribution in [2.75, 3.05) is 13.2 Å². The second-order valence-electron chi connectivity index (χ2n) is 7.91. The lowest BCUT2D eigenvalue weighted by atomic mass is 10.0. The first-order valence-electron chi connectivity index (χ1n) is 11.0. The zero-order chi connectivity index (χ0) is 22.5. The zero-order valence-electron chi connectivity index (χ0n) is 18.8. The second-order valence-corrected chi connectivity index (χ2v) is 8.92. The van der Waals surface area contributed by atoms with E-state index in [1.807, 2.05) is 49.4 Å². The fourth-order valence-corrected chi connectivity index (χ4v) is 4.81. The van der Waals surface area contributed by atoms with Gasteiger partial charge in [-0.15, -0.1) is 0 Å². The first-order valence-corrected chi connectivity index (χ1v) is 11.8. The van der Waals surface area contributed by atoms with Gasteiger partial charge >= 0.3 is 0 Å². The number of nitrogens with zero attached hydrogens (tertiary/aromatic N) is 2. The molecular weight excluding hydrogens is 416 g/mol. The van der Waals surface area contributed by atoms with E-state index in [0.717, 1.165) is 16.6 Å². The summed E-state index contributed by atoms with van der Waals surface area (Å²) in [6.45, 7) is 8.13. The van der Waals surface area contributed by atoms with E-state index in [4.69, 9.17) is 4.74 Å². The van der Waals surface area contributed by atoms with E-state index in [-0.39, 0.29) is 5.91 Å². The van der Waals surface area contributed by atoms with Crippen molar-refractivity contribution in [2.24, 2.45) is 4.99 Å². The van der Waals surface area contributed by atoms with Crippen molar-refractivity contribution in [3.8, 4) is 0 Å². The molecule has 4 rings (SSSR count). The van der Waals surface area contributed by atoms with Crippen LogP contribution in [0.4, 0.5) is 0 Å². The first kappa shape index (κ1) is 22.2. The highest BCUT2D eigenvalue weighted by molar-refractivity contribution is 7.16. The molecule has 0 unspecified atom stereocenters. The van der Waals surface area contributed by atoms with Crippen LogP contribution in [-0.2, 0) is 17.7 Å². The minimum Gasteiger partial charge on any atom is -0.380 e. The number of carbonyl (C=O) groups is 1. The highest BCUT2D eigenvalue weighted by Crippen LogP contribution is 2.22. The number of ether oxygens (including phenoxy) is 1. The Morgan fingerprint density at radius 2 is 1.66 bits per heavy atom. The number of carbonyl (C=O) groups excluding carboxylic acids is 1. The van der Waals surface area contributed by atoms with Gasteiger partial charge in [-0.05, 0) is 73.7 Å². The molecule has 0 saturated carbocycles. The Labute approximate surface area is 192 Å². The first-order chi connectivity index (χ1) is 15.5. The van der Waals surface area contributed by atoms with Crippen LogP contribution >= 0.6 is 11.3 Å². The molecule has 4 nitrogen and oxygen atoms in total. The lowest BCUT2D eigenvalue weighted by molar-refractivity contribution is 0.0996. The molecule has 0 N–H and O–H groups in total. The third kappa shape index (κ3) is 5.06. The van der Waals surface area contributed by atoms with E-state index in [9.17, 15) is 4.79 Å². The molecule has 164 valence electrons. The van der Waals surface area contributed by atoms with Crippen LogP contribution in [0.15, 0.2) is 71.7 Å². The summed E-state index contributed by atoms with van der Waals surface area (Å²) in [4.78, 5) is 18.2. The van der Waals surface area contributed by atoms with Gasteiger partial charge in [0, 0.05) is 18.7 Å². The minimum absolute atomic E-state index is 0.221. The lowest BCUT2D eigenvalue weighted by Gasteiger charge is -2.07. The van der Waals surface area contributed by atoms with E-state index < -0.39 is 0 Å². The van der Waals surface area contributed by atoms with Crippen molar-refractivity contribution in [1.82, 2.24) is 4.57 Å². The van der Waals surface area contributed by atoms with Gasteiger partial charge < -0.3 is 9.30 Å². The van der Waals surface area contributed by atoms with Gasteiger partial charge in [-0.3, -0.25) is 4.79 Å². The number of thiazole rings is 1. The van der Waals surface area contributed by atoms with Crippen LogP contribution < -0.4 is 4.80 Å².